The predicted molar refractivity (Wildman–Crippen MR) is 78.9 cm³/mol. The number of nitrogens with zero attached hydrogens (tertiary/aromatic N) is 2. The zero-order valence-electron chi connectivity index (χ0n) is 12.0. The zero-order chi connectivity index (χ0) is 13.6. The van der Waals surface area contributed by atoms with Crippen molar-refractivity contribution in [1.29, 1.82) is 0 Å². The van der Waals surface area contributed by atoms with Crippen LogP contribution in [0.1, 0.15) is 33.3 Å². The highest BCUT2D eigenvalue weighted by Crippen LogP contribution is 2.21. The van der Waals surface area contributed by atoms with Gasteiger partial charge in [0.2, 0.25) is 0 Å². The lowest BCUT2D eigenvalue weighted by molar-refractivity contribution is 0.517. The number of anilines is 1. The summed E-state index contributed by atoms with van der Waals surface area (Å²) in [5.41, 5.74) is 1.26. The summed E-state index contributed by atoms with van der Waals surface area (Å²) in [5.74, 6) is 1.00. The fourth-order valence-electron chi connectivity index (χ4n) is 1.79. The van der Waals surface area contributed by atoms with Crippen LogP contribution in [0.5, 0.6) is 0 Å². The molecule has 100 valence electrons. The average Bonchev–Trinajstić information content (AvgIpc) is 2.33. The maximum atomic E-state index is 4.56. The van der Waals surface area contributed by atoms with Crippen molar-refractivity contribution >= 4 is 5.82 Å². The van der Waals surface area contributed by atoms with Gasteiger partial charge in [-0.3, -0.25) is 0 Å². The van der Waals surface area contributed by atoms with E-state index in [-0.39, 0.29) is 5.54 Å². The molecule has 0 aliphatic heterocycles. The molecule has 0 fully saturated rings. The van der Waals surface area contributed by atoms with Crippen LogP contribution >= 0.6 is 0 Å². The Morgan fingerprint density at radius 2 is 2.11 bits per heavy atom. The fourth-order valence-corrected chi connectivity index (χ4v) is 1.79. The predicted octanol–water partition coefficient (Wildman–Crippen LogP) is 2.98. The molecule has 0 aromatic carbocycles. The Kier molecular flexibility index (Phi) is 5.35. The summed E-state index contributed by atoms with van der Waals surface area (Å²) in [5, 5.41) is 3.30. The molecule has 0 aliphatic rings. The largest absolute Gasteiger partial charge is 0.348 e. The minimum absolute atomic E-state index is 0.0460. The Labute approximate surface area is 111 Å². The van der Waals surface area contributed by atoms with E-state index in [1.807, 2.05) is 12.3 Å². The molecule has 0 saturated heterocycles. The van der Waals surface area contributed by atoms with Crippen LogP contribution in [0.2, 0.25) is 0 Å². The van der Waals surface area contributed by atoms with Crippen LogP contribution in [0, 0.1) is 0 Å². The Morgan fingerprint density at radius 3 is 2.56 bits per heavy atom. The first-order chi connectivity index (χ1) is 8.49. The first-order valence-electron chi connectivity index (χ1n) is 6.53. The number of rotatable bonds is 6. The van der Waals surface area contributed by atoms with E-state index in [1.54, 1.807) is 0 Å². The normalized spacial score (nSPS) is 11.3. The van der Waals surface area contributed by atoms with Gasteiger partial charge >= 0.3 is 0 Å². The standard InChI is InChI=1S/C15H25N3/c1-6-10-18(15(3,4)5)14-9-8-13(12-17-14)11-16-7-2/h6,8-9,12,16H,1,7,10-11H2,2-5H3. The molecule has 0 radical (unpaired) electrons. The minimum atomic E-state index is 0.0460. The number of hydrogen-bond acceptors (Lipinski definition) is 3. The maximum Gasteiger partial charge on any atom is 0.129 e. The Balaban J connectivity index is 2.83. The molecule has 0 atom stereocenters. The van der Waals surface area contributed by atoms with E-state index in [2.05, 4.69) is 61.6 Å². The third-order valence-electron chi connectivity index (χ3n) is 2.79. The van der Waals surface area contributed by atoms with E-state index in [4.69, 9.17) is 0 Å². The Morgan fingerprint density at radius 1 is 1.39 bits per heavy atom. The van der Waals surface area contributed by atoms with Gasteiger partial charge in [0.1, 0.15) is 5.82 Å². The molecular weight excluding hydrogens is 222 g/mol. The van der Waals surface area contributed by atoms with E-state index >= 15 is 0 Å². The van der Waals surface area contributed by atoms with Crippen molar-refractivity contribution in [2.45, 2.75) is 39.8 Å². The molecule has 0 spiro atoms. The SMILES string of the molecule is C=CCN(c1ccc(CNCC)cn1)C(C)(C)C. The summed E-state index contributed by atoms with van der Waals surface area (Å²) >= 11 is 0. The van der Waals surface area contributed by atoms with Crippen LogP contribution in [0.25, 0.3) is 0 Å². The van der Waals surface area contributed by atoms with Gasteiger partial charge in [0.25, 0.3) is 0 Å². The van der Waals surface area contributed by atoms with Crippen LogP contribution in [0.4, 0.5) is 5.82 Å². The van der Waals surface area contributed by atoms with Gasteiger partial charge in [0.05, 0.1) is 0 Å². The second-order valence-electron chi connectivity index (χ2n) is 5.38. The van der Waals surface area contributed by atoms with Crippen LogP contribution < -0.4 is 10.2 Å². The van der Waals surface area contributed by atoms with E-state index in [9.17, 15) is 0 Å². The van der Waals surface area contributed by atoms with Crippen molar-refractivity contribution in [2.75, 3.05) is 18.0 Å². The third-order valence-corrected chi connectivity index (χ3v) is 2.79. The second kappa shape index (κ2) is 6.55. The number of hydrogen-bond donors (Lipinski definition) is 1. The zero-order valence-corrected chi connectivity index (χ0v) is 12.0. The highest BCUT2D eigenvalue weighted by atomic mass is 15.2. The summed E-state index contributed by atoms with van der Waals surface area (Å²) in [4.78, 5) is 6.80. The van der Waals surface area contributed by atoms with E-state index in [1.165, 1.54) is 5.56 Å². The molecule has 0 bridgehead atoms. The van der Waals surface area contributed by atoms with Crippen molar-refractivity contribution in [3.63, 3.8) is 0 Å². The lowest BCUT2D eigenvalue weighted by atomic mass is 10.1. The van der Waals surface area contributed by atoms with Crippen molar-refractivity contribution in [3.8, 4) is 0 Å². The summed E-state index contributed by atoms with van der Waals surface area (Å²) in [7, 11) is 0. The molecular formula is C15H25N3. The molecule has 0 saturated carbocycles. The summed E-state index contributed by atoms with van der Waals surface area (Å²) in [6.45, 7) is 15.1. The molecule has 3 heteroatoms. The smallest absolute Gasteiger partial charge is 0.129 e. The molecule has 1 heterocycles. The quantitative estimate of drug-likeness (QED) is 0.783. The van der Waals surface area contributed by atoms with E-state index in [0.717, 1.165) is 25.5 Å². The fraction of sp³-hybridized carbons (Fsp3) is 0.533. The first-order valence-corrected chi connectivity index (χ1v) is 6.53. The lowest BCUT2D eigenvalue weighted by Gasteiger charge is -2.36. The molecule has 1 N–H and O–H groups in total. The summed E-state index contributed by atoms with van der Waals surface area (Å²) in [6.07, 6.45) is 3.86. The molecule has 1 aromatic heterocycles. The van der Waals surface area contributed by atoms with Gasteiger partial charge in [-0.15, -0.1) is 6.58 Å². The molecule has 18 heavy (non-hydrogen) atoms. The van der Waals surface area contributed by atoms with Crippen LogP contribution in [0.3, 0.4) is 0 Å². The Hall–Kier alpha value is -1.35. The van der Waals surface area contributed by atoms with Gasteiger partial charge in [0.15, 0.2) is 0 Å². The van der Waals surface area contributed by atoms with Crippen molar-refractivity contribution < 1.29 is 0 Å². The van der Waals surface area contributed by atoms with Gasteiger partial charge in [0, 0.05) is 24.8 Å². The highest BCUT2D eigenvalue weighted by Gasteiger charge is 2.21. The molecule has 1 aromatic rings. The van der Waals surface area contributed by atoms with Crippen LogP contribution in [0.15, 0.2) is 31.0 Å². The Bertz CT molecular complexity index is 362. The van der Waals surface area contributed by atoms with Gasteiger partial charge in [-0.25, -0.2) is 4.98 Å². The van der Waals surface area contributed by atoms with Crippen molar-refractivity contribution in [1.82, 2.24) is 10.3 Å². The van der Waals surface area contributed by atoms with Gasteiger partial charge in [-0.05, 0) is 38.9 Å². The number of nitrogens with one attached hydrogen (secondary N) is 1. The minimum Gasteiger partial charge on any atom is -0.348 e. The monoisotopic (exact) mass is 247 g/mol. The number of pyridine rings is 1. The van der Waals surface area contributed by atoms with Crippen LogP contribution in [-0.2, 0) is 6.54 Å². The van der Waals surface area contributed by atoms with Crippen molar-refractivity contribution in [2.24, 2.45) is 0 Å². The van der Waals surface area contributed by atoms with Gasteiger partial charge in [-0.2, -0.15) is 0 Å². The molecule has 0 unspecified atom stereocenters. The third kappa shape index (κ3) is 4.15. The maximum absolute atomic E-state index is 4.56. The molecule has 0 amide bonds. The summed E-state index contributed by atoms with van der Waals surface area (Å²) in [6, 6.07) is 4.22. The van der Waals surface area contributed by atoms with Crippen LogP contribution in [-0.4, -0.2) is 23.6 Å². The van der Waals surface area contributed by atoms with Gasteiger partial charge in [-0.1, -0.05) is 19.1 Å². The van der Waals surface area contributed by atoms with E-state index < -0.39 is 0 Å². The molecule has 3 nitrogen and oxygen atoms in total. The van der Waals surface area contributed by atoms with E-state index in [0.29, 0.717) is 0 Å². The first kappa shape index (κ1) is 14.7. The molecule has 1 rings (SSSR count). The molecule has 0 aliphatic carbocycles. The summed E-state index contributed by atoms with van der Waals surface area (Å²) < 4.78 is 0. The average molecular weight is 247 g/mol. The van der Waals surface area contributed by atoms with Crippen molar-refractivity contribution in [3.05, 3.63) is 36.5 Å². The van der Waals surface area contributed by atoms with Gasteiger partial charge < -0.3 is 10.2 Å². The topological polar surface area (TPSA) is 28.2 Å². The lowest BCUT2D eigenvalue weighted by Crippen LogP contribution is -2.42. The number of aromatic nitrogens is 1. The second-order valence-corrected chi connectivity index (χ2v) is 5.38. The highest BCUT2D eigenvalue weighted by molar-refractivity contribution is 5.42.